The van der Waals surface area contributed by atoms with Crippen LogP contribution in [0.3, 0.4) is 0 Å². The number of hydrogen-bond acceptors (Lipinski definition) is 6. The van der Waals surface area contributed by atoms with Gasteiger partial charge in [0.2, 0.25) is 0 Å². The monoisotopic (exact) mass is 356 g/mol. The molecule has 0 aliphatic rings. The minimum Gasteiger partial charge on any atom is -0.459 e. The Labute approximate surface area is 148 Å². The Morgan fingerprint density at radius 3 is 2.24 bits per heavy atom. The fourth-order valence-electron chi connectivity index (χ4n) is 2.24. The number of aromatic nitrogens is 1. The molecule has 0 radical (unpaired) electrons. The zero-order valence-corrected chi connectivity index (χ0v) is 14.4. The molecule has 0 saturated heterocycles. The first-order valence-electron chi connectivity index (χ1n) is 7.49. The fourth-order valence-corrected chi connectivity index (χ4v) is 2.98. The van der Waals surface area contributed by atoms with Crippen LogP contribution in [0.1, 0.15) is 26.6 Å². The summed E-state index contributed by atoms with van der Waals surface area (Å²) < 4.78 is 9.22. The molecular formula is C17H16N4O3S. The Balaban J connectivity index is 1.67. The number of rotatable bonds is 5. The highest BCUT2D eigenvalue weighted by Gasteiger charge is 2.17. The van der Waals surface area contributed by atoms with E-state index in [1.807, 2.05) is 0 Å². The van der Waals surface area contributed by atoms with E-state index in [-0.39, 0.29) is 17.6 Å². The van der Waals surface area contributed by atoms with Gasteiger partial charge >= 0.3 is 0 Å². The molecule has 0 aliphatic carbocycles. The van der Waals surface area contributed by atoms with Crippen LogP contribution >= 0.6 is 11.5 Å². The van der Waals surface area contributed by atoms with Crippen LogP contribution in [0.2, 0.25) is 0 Å². The van der Waals surface area contributed by atoms with Crippen LogP contribution in [0, 0.1) is 6.92 Å². The summed E-state index contributed by atoms with van der Waals surface area (Å²) >= 11 is 1.24. The quantitative estimate of drug-likeness (QED) is 0.649. The maximum atomic E-state index is 12.4. The molecule has 2 aromatic heterocycles. The molecule has 0 saturated carbocycles. The topological polar surface area (TPSA) is 96.3 Å². The first kappa shape index (κ1) is 16.7. The molecule has 0 spiro atoms. The Morgan fingerprint density at radius 2 is 1.68 bits per heavy atom. The van der Waals surface area contributed by atoms with Gasteiger partial charge in [0.25, 0.3) is 11.8 Å². The van der Waals surface area contributed by atoms with Gasteiger partial charge in [0.1, 0.15) is 5.00 Å². The third kappa shape index (κ3) is 3.69. The number of nitrogens with zero attached hydrogens (tertiary/aromatic N) is 1. The summed E-state index contributed by atoms with van der Waals surface area (Å²) in [5.41, 5.74) is 2.43. The molecule has 0 aliphatic heterocycles. The van der Waals surface area contributed by atoms with Gasteiger partial charge in [0.05, 0.1) is 17.5 Å². The number of nitrogens with one attached hydrogen (secondary N) is 3. The zero-order valence-electron chi connectivity index (χ0n) is 13.6. The van der Waals surface area contributed by atoms with Crippen molar-refractivity contribution in [2.24, 2.45) is 0 Å². The number of hydrogen-bond donors (Lipinski definition) is 3. The van der Waals surface area contributed by atoms with Gasteiger partial charge in [-0.25, -0.2) is 0 Å². The number of carbonyl (C=O) groups is 2. The van der Waals surface area contributed by atoms with Crippen molar-refractivity contribution in [1.29, 1.82) is 0 Å². The Morgan fingerprint density at radius 1 is 1.04 bits per heavy atom. The average Bonchev–Trinajstić information content (AvgIpc) is 3.26. The highest BCUT2D eigenvalue weighted by atomic mass is 32.1. The summed E-state index contributed by atoms with van der Waals surface area (Å²) in [5, 5.41) is 9.23. The largest absolute Gasteiger partial charge is 0.459 e. The number of furan rings is 1. The van der Waals surface area contributed by atoms with Crippen molar-refractivity contribution in [2.75, 3.05) is 23.0 Å². The SMILES string of the molecule is CNc1snc(C)c1C(=O)Nc1ccc(NC(=O)c2ccco2)cc1. The standard InChI is InChI=1S/C17H16N4O3S/c1-10-14(17(18-2)25-21-10)16(23)20-12-7-5-11(6-8-12)19-15(22)13-4-3-9-24-13/h3-9,18H,1-2H3,(H,19,22)(H,20,23). The highest BCUT2D eigenvalue weighted by Crippen LogP contribution is 2.25. The molecule has 128 valence electrons. The molecule has 1 aromatic carbocycles. The van der Waals surface area contributed by atoms with Gasteiger partial charge in [-0.05, 0) is 54.9 Å². The van der Waals surface area contributed by atoms with Crippen molar-refractivity contribution in [3.8, 4) is 0 Å². The van der Waals surface area contributed by atoms with Gasteiger partial charge in [0, 0.05) is 18.4 Å². The lowest BCUT2D eigenvalue weighted by Gasteiger charge is -2.08. The summed E-state index contributed by atoms with van der Waals surface area (Å²) in [7, 11) is 1.75. The van der Waals surface area contributed by atoms with Crippen LogP contribution in [-0.4, -0.2) is 23.2 Å². The molecular weight excluding hydrogens is 340 g/mol. The van der Waals surface area contributed by atoms with E-state index in [4.69, 9.17) is 4.42 Å². The second kappa shape index (κ2) is 7.18. The van der Waals surface area contributed by atoms with Gasteiger partial charge in [-0.2, -0.15) is 4.37 Å². The van der Waals surface area contributed by atoms with Crippen molar-refractivity contribution >= 4 is 39.7 Å². The maximum Gasteiger partial charge on any atom is 0.291 e. The number of anilines is 3. The Kier molecular flexibility index (Phi) is 4.80. The van der Waals surface area contributed by atoms with E-state index in [1.54, 1.807) is 50.4 Å². The van der Waals surface area contributed by atoms with Gasteiger partial charge in [0.15, 0.2) is 5.76 Å². The first-order chi connectivity index (χ1) is 12.1. The molecule has 3 N–H and O–H groups in total. The van der Waals surface area contributed by atoms with E-state index in [2.05, 4.69) is 20.3 Å². The molecule has 0 unspecified atom stereocenters. The number of carbonyl (C=O) groups excluding carboxylic acids is 2. The Bertz CT molecular complexity index is 885. The van der Waals surface area contributed by atoms with E-state index in [0.717, 1.165) is 5.00 Å². The van der Waals surface area contributed by atoms with Crippen molar-refractivity contribution in [3.63, 3.8) is 0 Å². The molecule has 2 heterocycles. The van der Waals surface area contributed by atoms with Gasteiger partial charge in [-0.3, -0.25) is 9.59 Å². The zero-order chi connectivity index (χ0) is 17.8. The third-order valence-electron chi connectivity index (χ3n) is 3.46. The van der Waals surface area contributed by atoms with Gasteiger partial charge in [-0.1, -0.05) is 0 Å². The molecule has 3 rings (SSSR count). The lowest BCUT2D eigenvalue weighted by molar-refractivity contribution is 0.0994. The smallest absolute Gasteiger partial charge is 0.291 e. The summed E-state index contributed by atoms with van der Waals surface area (Å²) in [6.07, 6.45) is 1.44. The van der Waals surface area contributed by atoms with Crippen molar-refractivity contribution in [2.45, 2.75) is 6.92 Å². The Hall–Kier alpha value is -3.13. The molecule has 8 heteroatoms. The van der Waals surface area contributed by atoms with Crippen LogP contribution in [0.25, 0.3) is 0 Å². The number of amides is 2. The van der Waals surface area contributed by atoms with E-state index in [1.165, 1.54) is 17.8 Å². The van der Waals surface area contributed by atoms with Crippen molar-refractivity contribution in [1.82, 2.24) is 4.37 Å². The summed E-state index contributed by atoms with van der Waals surface area (Å²) in [6, 6.07) is 10.1. The van der Waals surface area contributed by atoms with E-state index in [0.29, 0.717) is 22.6 Å². The minimum atomic E-state index is -0.333. The second-order valence-corrected chi connectivity index (χ2v) is 5.96. The molecule has 0 atom stereocenters. The minimum absolute atomic E-state index is 0.233. The lowest BCUT2D eigenvalue weighted by atomic mass is 10.2. The molecule has 25 heavy (non-hydrogen) atoms. The third-order valence-corrected chi connectivity index (χ3v) is 4.42. The highest BCUT2D eigenvalue weighted by molar-refractivity contribution is 7.10. The molecule has 2 amide bonds. The van der Waals surface area contributed by atoms with Crippen LogP contribution < -0.4 is 16.0 Å². The average molecular weight is 356 g/mol. The predicted octanol–water partition coefficient (Wildman–Crippen LogP) is 3.59. The molecule has 0 bridgehead atoms. The number of aryl methyl sites for hydroxylation is 1. The van der Waals surface area contributed by atoms with Crippen LogP contribution in [-0.2, 0) is 0 Å². The maximum absolute atomic E-state index is 12.4. The van der Waals surface area contributed by atoms with Crippen LogP contribution in [0.15, 0.2) is 47.1 Å². The summed E-state index contributed by atoms with van der Waals surface area (Å²) in [4.78, 5) is 24.3. The lowest BCUT2D eigenvalue weighted by Crippen LogP contribution is -2.14. The van der Waals surface area contributed by atoms with Crippen molar-refractivity contribution < 1.29 is 14.0 Å². The second-order valence-electron chi connectivity index (χ2n) is 5.19. The van der Waals surface area contributed by atoms with Gasteiger partial charge in [-0.15, -0.1) is 0 Å². The summed E-state index contributed by atoms with van der Waals surface area (Å²) in [5.74, 6) is -0.333. The fraction of sp³-hybridized carbons (Fsp3) is 0.118. The van der Waals surface area contributed by atoms with Crippen molar-refractivity contribution in [3.05, 3.63) is 59.7 Å². The van der Waals surface area contributed by atoms with E-state index < -0.39 is 0 Å². The molecule has 0 fully saturated rings. The van der Waals surface area contributed by atoms with E-state index >= 15 is 0 Å². The van der Waals surface area contributed by atoms with E-state index in [9.17, 15) is 9.59 Å². The predicted molar refractivity (Wildman–Crippen MR) is 97.5 cm³/mol. The summed E-state index contributed by atoms with van der Waals surface area (Å²) in [6.45, 7) is 1.79. The van der Waals surface area contributed by atoms with Gasteiger partial charge < -0.3 is 20.4 Å². The normalized spacial score (nSPS) is 10.3. The van der Waals surface area contributed by atoms with Crippen LogP contribution in [0.4, 0.5) is 16.4 Å². The first-order valence-corrected chi connectivity index (χ1v) is 8.26. The molecule has 7 nitrogen and oxygen atoms in total. The van der Waals surface area contributed by atoms with Crippen LogP contribution in [0.5, 0.6) is 0 Å². The molecule has 3 aromatic rings. The number of benzene rings is 1.